The fourth-order valence-electron chi connectivity index (χ4n) is 8.85. The first-order valence-corrected chi connectivity index (χ1v) is 27.1. The van der Waals surface area contributed by atoms with Crippen LogP contribution in [0, 0.1) is 0 Å². The highest BCUT2D eigenvalue weighted by atomic mass is 16.5. The Morgan fingerprint density at radius 2 is 0.632 bits per heavy atom. The van der Waals surface area contributed by atoms with Crippen molar-refractivity contribution in [3.63, 3.8) is 0 Å². The molecular weight excluding hydrogens is 695 g/mol. The molecule has 0 saturated carbocycles. The first-order valence-electron chi connectivity index (χ1n) is 27.1. The molecule has 0 spiro atoms. The molecule has 0 bridgehead atoms. The van der Waals surface area contributed by atoms with E-state index in [1.54, 1.807) is 0 Å². The number of unbranched alkanes of at least 4 members (excludes halogenated alkanes) is 37. The number of rotatable bonds is 50. The van der Waals surface area contributed by atoms with Gasteiger partial charge in [0.15, 0.2) is 0 Å². The third-order valence-electron chi connectivity index (χ3n) is 12.9. The summed E-state index contributed by atoms with van der Waals surface area (Å²) in [5.74, 6) is 0.0346. The van der Waals surface area contributed by atoms with Crippen molar-refractivity contribution in [2.75, 3.05) is 6.54 Å². The van der Waals surface area contributed by atoms with Gasteiger partial charge in [-0.2, -0.15) is 0 Å². The SMILES string of the molecule is CCCCCCCCCCCCCCCCC(CCCCCCCCCCCCCCCC)NCCCCCCCCCC(CC)OC(=O)CCCCCCCC. The molecule has 0 fully saturated rings. The minimum atomic E-state index is 0.0346. The van der Waals surface area contributed by atoms with E-state index < -0.39 is 0 Å². The van der Waals surface area contributed by atoms with E-state index in [0.29, 0.717) is 6.42 Å². The van der Waals surface area contributed by atoms with Gasteiger partial charge in [0.25, 0.3) is 0 Å². The molecule has 3 heteroatoms. The largest absolute Gasteiger partial charge is 0.462 e. The average Bonchev–Trinajstić information content (AvgIpc) is 3.22. The normalized spacial score (nSPS) is 12.2. The van der Waals surface area contributed by atoms with Crippen molar-refractivity contribution in [1.82, 2.24) is 5.32 Å². The highest BCUT2D eigenvalue weighted by Gasteiger charge is 2.12. The predicted octanol–water partition coefficient (Wildman–Crippen LogP) is 18.9. The van der Waals surface area contributed by atoms with Crippen molar-refractivity contribution in [1.29, 1.82) is 0 Å². The van der Waals surface area contributed by atoms with Crippen molar-refractivity contribution in [3.05, 3.63) is 0 Å². The third-order valence-corrected chi connectivity index (χ3v) is 12.9. The van der Waals surface area contributed by atoms with Crippen LogP contribution in [-0.4, -0.2) is 24.7 Å². The van der Waals surface area contributed by atoms with Crippen LogP contribution in [-0.2, 0) is 9.53 Å². The fraction of sp³-hybridized carbons (Fsp3) is 0.981. The Kier molecular flexibility index (Phi) is 49.3. The molecule has 342 valence electrons. The number of carbonyl (C=O) groups is 1. The zero-order valence-electron chi connectivity index (χ0n) is 40.2. The van der Waals surface area contributed by atoms with E-state index in [1.807, 2.05) is 0 Å². The summed E-state index contributed by atoms with van der Waals surface area (Å²) in [5, 5.41) is 4.04. The van der Waals surface area contributed by atoms with Gasteiger partial charge in [-0.1, -0.05) is 272 Å². The molecule has 1 unspecified atom stereocenters. The van der Waals surface area contributed by atoms with E-state index in [-0.39, 0.29) is 12.1 Å². The van der Waals surface area contributed by atoms with Gasteiger partial charge in [0.2, 0.25) is 0 Å². The molecule has 1 atom stereocenters. The maximum atomic E-state index is 12.3. The van der Waals surface area contributed by atoms with E-state index in [1.165, 1.54) is 276 Å². The minimum absolute atomic E-state index is 0.0346. The van der Waals surface area contributed by atoms with Crippen LogP contribution in [0.1, 0.15) is 323 Å². The monoisotopic (exact) mass is 804 g/mol. The number of hydrogen-bond donors (Lipinski definition) is 1. The predicted molar refractivity (Wildman–Crippen MR) is 257 cm³/mol. The van der Waals surface area contributed by atoms with Crippen molar-refractivity contribution in [2.45, 2.75) is 335 Å². The van der Waals surface area contributed by atoms with Gasteiger partial charge in [-0.15, -0.1) is 0 Å². The number of hydrogen-bond acceptors (Lipinski definition) is 3. The smallest absolute Gasteiger partial charge is 0.306 e. The summed E-state index contributed by atoms with van der Waals surface area (Å²) in [4.78, 5) is 12.3. The summed E-state index contributed by atoms with van der Waals surface area (Å²) in [6, 6.07) is 0.742. The Labute approximate surface area is 361 Å². The Bertz CT molecular complexity index is 707. The van der Waals surface area contributed by atoms with Gasteiger partial charge in [-0.3, -0.25) is 4.79 Å². The van der Waals surface area contributed by atoms with Crippen LogP contribution in [0.15, 0.2) is 0 Å². The lowest BCUT2D eigenvalue weighted by Crippen LogP contribution is -2.30. The van der Waals surface area contributed by atoms with Crippen LogP contribution >= 0.6 is 0 Å². The Morgan fingerprint density at radius 1 is 0.351 bits per heavy atom. The molecule has 0 aliphatic rings. The Hall–Kier alpha value is -0.570. The standard InChI is InChI=1S/C54H109NO2/c1-5-9-12-15-18-20-22-24-26-28-30-33-37-42-47-52(48-43-38-34-31-29-27-25-23-21-19-16-13-10-6-2)55-51-46-41-36-32-35-39-44-49-53(8-4)57-54(56)50-45-40-17-14-11-7-3/h52-53,55H,5-51H2,1-4H3. The Balaban J connectivity index is 4.10. The van der Waals surface area contributed by atoms with E-state index in [0.717, 1.165) is 25.3 Å². The number of nitrogens with one attached hydrogen (secondary N) is 1. The summed E-state index contributed by atoms with van der Waals surface area (Å²) in [7, 11) is 0. The highest BCUT2D eigenvalue weighted by Crippen LogP contribution is 2.19. The molecular formula is C54H109NO2. The molecule has 0 heterocycles. The molecule has 0 saturated heterocycles. The van der Waals surface area contributed by atoms with Crippen LogP contribution in [0.25, 0.3) is 0 Å². The topological polar surface area (TPSA) is 38.3 Å². The number of carbonyl (C=O) groups excluding carboxylic acids is 1. The lowest BCUT2D eigenvalue weighted by molar-refractivity contribution is -0.149. The van der Waals surface area contributed by atoms with E-state index >= 15 is 0 Å². The summed E-state index contributed by atoms with van der Waals surface area (Å²) in [6.45, 7) is 10.3. The third kappa shape index (κ3) is 46.3. The molecule has 0 aliphatic carbocycles. The molecule has 3 nitrogen and oxygen atoms in total. The highest BCUT2D eigenvalue weighted by molar-refractivity contribution is 5.69. The van der Waals surface area contributed by atoms with Crippen LogP contribution in [0.3, 0.4) is 0 Å². The van der Waals surface area contributed by atoms with Crippen LogP contribution in [0.5, 0.6) is 0 Å². The zero-order chi connectivity index (χ0) is 41.4. The van der Waals surface area contributed by atoms with E-state index in [4.69, 9.17) is 4.74 Å². The summed E-state index contributed by atoms with van der Waals surface area (Å²) in [5.41, 5.74) is 0. The molecule has 0 amide bonds. The van der Waals surface area contributed by atoms with Crippen LogP contribution < -0.4 is 5.32 Å². The second-order valence-electron chi connectivity index (χ2n) is 18.7. The zero-order valence-corrected chi connectivity index (χ0v) is 40.2. The van der Waals surface area contributed by atoms with E-state index in [2.05, 4.69) is 33.0 Å². The molecule has 0 aromatic heterocycles. The van der Waals surface area contributed by atoms with Crippen LogP contribution in [0.4, 0.5) is 0 Å². The first-order chi connectivity index (χ1) is 28.2. The molecule has 0 aliphatic heterocycles. The molecule has 0 aromatic carbocycles. The van der Waals surface area contributed by atoms with Crippen molar-refractivity contribution >= 4 is 5.97 Å². The van der Waals surface area contributed by atoms with Gasteiger partial charge in [0, 0.05) is 12.5 Å². The van der Waals surface area contributed by atoms with E-state index in [9.17, 15) is 4.79 Å². The van der Waals surface area contributed by atoms with Gasteiger partial charge in [-0.25, -0.2) is 0 Å². The average molecular weight is 804 g/mol. The lowest BCUT2D eigenvalue weighted by Gasteiger charge is -2.19. The van der Waals surface area contributed by atoms with Gasteiger partial charge in [0.05, 0.1) is 0 Å². The maximum Gasteiger partial charge on any atom is 0.306 e. The maximum absolute atomic E-state index is 12.3. The van der Waals surface area contributed by atoms with Gasteiger partial charge >= 0.3 is 5.97 Å². The van der Waals surface area contributed by atoms with Crippen molar-refractivity contribution in [2.24, 2.45) is 0 Å². The minimum Gasteiger partial charge on any atom is -0.462 e. The second kappa shape index (κ2) is 49.8. The van der Waals surface area contributed by atoms with Crippen LogP contribution in [0.2, 0.25) is 0 Å². The Morgan fingerprint density at radius 3 is 0.965 bits per heavy atom. The summed E-state index contributed by atoms with van der Waals surface area (Å²) < 4.78 is 5.82. The fourth-order valence-corrected chi connectivity index (χ4v) is 8.85. The number of esters is 1. The molecule has 0 radical (unpaired) electrons. The first kappa shape index (κ1) is 56.4. The second-order valence-corrected chi connectivity index (χ2v) is 18.7. The molecule has 1 N–H and O–H groups in total. The van der Waals surface area contributed by atoms with Crippen molar-refractivity contribution in [3.8, 4) is 0 Å². The molecule has 0 rings (SSSR count). The number of ether oxygens (including phenoxy) is 1. The lowest BCUT2D eigenvalue weighted by atomic mass is 9.99. The molecule has 0 aromatic rings. The van der Waals surface area contributed by atoms with Crippen molar-refractivity contribution < 1.29 is 9.53 Å². The molecule has 57 heavy (non-hydrogen) atoms. The van der Waals surface area contributed by atoms with Gasteiger partial charge in [0.1, 0.15) is 6.10 Å². The van der Waals surface area contributed by atoms with Gasteiger partial charge in [-0.05, 0) is 51.5 Å². The quantitative estimate of drug-likeness (QED) is 0.0492. The van der Waals surface area contributed by atoms with Gasteiger partial charge < -0.3 is 10.1 Å². The summed E-state index contributed by atoms with van der Waals surface area (Å²) in [6.07, 6.45) is 62.6. The summed E-state index contributed by atoms with van der Waals surface area (Å²) >= 11 is 0.